The number of thiocarbonyl (C=S) groups is 1. The first-order valence-electron chi connectivity index (χ1n) is 6.25. The van der Waals surface area contributed by atoms with E-state index in [-0.39, 0.29) is 4.99 Å². The number of para-hydroxylation sites is 1. The zero-order valence-corrected chi connectivity index (χ0v) is 12.0. The van der Waals surface area contributed by atoms with Gasteiger partial charge in [0, 0.05) is 5.69 Å². The summed E-state index contributed by atoms with van der Waals surface area (Å²) in [5.41, 5.74) is 7.13. The lowest BCUT2D eigenvalue weighted by molar-refractivity contribution is 0.211. The van der Waals surface area contributed by atoms with Crippen LogP contribution in [0.5, 0.6) is 11.6 Å². The molecule has 1 aromatic heterocycles. The number of hydrogen-bond acceptors (Lipinski definition) is 4. The summed E-state index contributed by atoms with van der Waals surface area (Å²) >= 11 is 4.97. The molecule has 2 aromatic rings. The Morgan fingerprint density at radius 3 is 2.50 bits per heavy atom. The molecule has 0 aliphatic rings. The van der Waals surface area contributed by atoms with Crippen molar-refractivity contribution in [3.63, 3.8) is 0 Å². The second kappa shape index (κ2) is 6.86. The van der Waals surface area contributed by atoms with Gasteiger partial charge in [0.15, 0.2) is 0 Å². The van der Waals surface area contributed by atoms with Gasteiger partial charge in [0.05, 0.1) is 5.56 Å². The summed E-state index contributed by atoms with van der Waals surface area (Å²) < 4.78 is 11.1. The molecule has 0 amide bonds. The molecule has 0 bridgehead atoms. The van der Waals surface area contributed by atoms with Crippen LogP contribution in [-0.4, -0.2) is 23.2 Å². The number of aryl methyl sites for hydroxylation is 1. The third-order valence-corrected chi connectivity index (χ3v) is 2.82. The van der Waals surface area contributed by atoms with Gasteiger partial charge >= 0.3 is 0 Å². The number of hydrogen-bond donors (Lipinski definition) is 1. The van der Waals surface area contributed by atoms with Crippen LogP contribution in [0.1, 0.15) is 11.3 Å². The predicted molar refractivity (Wildman–Crippen MR) is 82.3 cm³/mol. The Morgan fingerprint density at radius 2 is 1.80 bits per heavy atom. The first-order valence-corrected chi connectivity index (χ1v) is 6.66. The van der Waals surface area contributed by atoms with E-state index in [2.05, 4.69) is 4.98 Å². The maximum atomic E-state index is 5.64. The molecule has 0 radical (unpaired) electrons. The van der Waals surface area contributed by atoms with Crippen molar-refractivity contribution < 1.29 is 9.47 Å². The van der Waals surface area contributed by atoms with Crippen molar-refractivity contribution in [2.24, 2.45) is 5.73 Å². The second-order valence-electron chi connectivity index (χ2n) is 4.18. The van der Waals surface area contributed by atoms with Gasteiger partial charge < -0.3 is 15.2 Å². The largest absolute Gasteiger partial charge is 0.490 e. The smallest absolute Gasteiger partial charge is 0.224 e. The van der Waals surface area contributed by atoms with Crippen molar-refractivity contribution in [2.45, 2.75) is 6.92 Å². The number of pyridine rings is 1. The van der Waals surface area contributed by atoms with Gasteiger partial charge in [0.2, 0.25) is 5.88 Å². The highest BCUT2D eigenvalue weighted by Gasteiger charge is 2.08. The molecule has 5 heteroatoms. The number of rotatable bonds is 6. The van der Waals surface area contributed by atoms with Gasteiger partial charge in [-0.25, -0.2) is 4.98 Å². The number of aromatic nitrogens is 1. The van der Waals surface area contributed by atoms with Crippen LogP contribution in [0, 0.1) is 6.92 Å². The Bertz CT molecular complexity index is 588. The van der Waals surface area contributed by atoms with Gasteiger partial charge in [-0.2, -0.15) is 0 Å². The molecular weight excluding hydrogens is 272 g/mol. The van der Waals surface area contributed by atoms with E-state index in [9.17, 15) is 0 Å². The standard InChI is InChI=1S/C15H16N2O2S/c1-11-7-8-13(14(16)20)15(17-11)19-10-9-18-12-5-3-2-4-6-12/h2-8H,9-10H2,1H3,(H2,16,20). The molecule has 0 saturated heterocycles. The lowest BCUT2D eigenvalue weighted by atomic mass is 10.2. The molecule has 0 spiro atoms. The van der Waals surface area contributed by atoms with E-state index in [1.54, 1.807) is 0 Å². The highest BCUT2D eigenvalue weighted by atomic mass is 32.1. The minimum Gasteiger partial charge on any atom is -0.490 e. The molecule has 0 fully saturated rings. The van der Waals surface area contributed by atoms with E-state index in [1.165, 1.54) is 0 Å². The lowest BCUT2D eigenvalue weighted by Crippen LogP contribution is -2.16. The van der Waals surface area contributed by atoms with E-state index in [0.29, 0.717) is 24.7 Å². The number of ether oxygens (including phenoxy) is 2. The van der Waals surface area contributed by atoms with Gasteiger partial charge in [-0.05, 0) is 31.2 Å². The lowest BCUT2D eigenvalue weighted by Gasteiger charge is -2.11. The number of nitrogens with two attached hydrogens (primary N) is 1. The molecule has 0 unspecified atom stereocenters. The van der Waals surface area contributed by atoms with Gasteiger partial charge in [-0.3, -0.25) is 0 Å². The summed E-state index contributed by atoms with van der Waals surface area (Å²) in [6.45, 7) is 2.69. The maximum absolute atomic E-state index is 5.64. The molecule has 4 nitrogen and oxygen atoms in total. The van der Waals surface area contributed by atoms with Gasteiger partial charge in [-0.15, -0.1) is 0 Å². The van der Waals surface area contributed by atoms with Gasteiger partial charge in [-0.1, -0.05) is 30.4 Å². The summed E-state index contributed by atoms with van der Waals surface area (Å²) in [5.74, 6) is 1.26. The minimum atomic E-state index is 0.275. The molecule has 1 heterocycles. The molecule has 2 N–H and O–H groups in total. The van der Waals surface area contributed by atoms with Gasteiger partial charge in [0.25, 0.3) is 0 Å². The van der Waals surface area contributed by atoms with Crippen LogP contribution < -0.4 is 15.2 Å². The van der Waals surface area contributed by atoms with Crippen LogP contribution in [0.4, 0.5) is 0 Å². The van der Waals surface area contributed by atoms with E-state index in [4.69, 9.17) is 27.4 Å². The monoisotopic (exact) mass is 288 g/mol. The van der Waals surface area contributed by atoms with Crippen LogP contribution in [0.3, 0.4) is 0 Å². The Labute approximate surface area is 123 Å². The molecule has 1 aromatic carbocycles. The molecule has 20 heavy (non-hydrogen) atoms. The maximum Gasteiger partial charge on any atom is 0.224 e. The number of benzene rings is 1. The SMILES string of the molecule is Cc1ccc(C(N)=S)c(OCCOc2ccccc2)n1. The Balaban J connectivity index is 1.91. The van der Waals surface area contributed by atoms with E-state index in [0.717, 1.165) is 11.4 Å². The summed E-state index contributed by atoms with van der Waals surface area (Å²) in [6.07, 6.45) is 0. The molecule has 0 aliphatic carbocycles. The molecule has 0 saturated carbocycles. The first kappa shape index (κ1) is 14.3. The Morgan fingerprint density at radius 1 is 1.10 bits per heavy atom. The van der Waals surface area contributed by atoms with Crippen molar-refractivity contribution in [1.82, 2.24) is 4.98 Å². The van der Waals surface area contributed by atoms with E-state index in [1.807, 2.05) is 49.4 Å². The highest BCUT2D eigenvalue weighted by molar-refractivity contribution is 7.80. The third-order valence-electron chi connectivity index (χ3n) is 2.60. The topological polar surface area (TPSA) is 57.4 Å². The zero-order chi connectivity index (χ0) is 14.4. The van der Waals surface area contributed by atoms with Crippen molar-refractivity contribution in [3.8, 4) is 11.6 Å². The van der Waals surface area contributed by atoms with E-state index >= 15 is 0 Å². The summed E-state index contributed by atoms with van der Waals surface area (Å²) in [4.78, 5) is 4.57. The summed E-state index contributed by atoms with van der Waals surface area (Å²) in [6, 6.07) is 13.2. The molecule has 0 atom stereocenters. The summed E-state index contributed by atoms with van der Waals surface area (Å²) in [7, 11) is 0. The zero-order valence-electron chi connectivity index (χ0n) is 11.2. The van der Waals surface area contributed by atoms with Crippen LogP contribution >= 0.6 is 12.2 Å². The average molecular weight is 288 g/mol. The van der Waals surface area contributed by atoms with Crippen molar-refractivity contribution in [3.05, 3.63) is 53.7 Å². The highest BCUT2D eigenvalue weighted by Crippen LogP contribution is 2.16. The quantitative estimate of drug-likeness (QED) is 0.653. The van der Waals surface area contributed by atoms with Crippen LogP contribution in [0.2, 0.25) is 0 Å². The molecule has 2 rings (SSSR count). The molecule has 104 valence electrons. The fourth-order valence-corrected chi connectivity index (χ4v) is 1.80. The minimum absolute atomic E-state index is 0.275. The summed E-state index contributed by atoms with van der Waals surface area (Å²) in [5, 5.41) is 0. The van der Waals surface area contributed by atoms with Crippen LogP contribution in [-0.2, 0) is 0 Å². The van der Waals surface area contributed by atoms with Crippen molar-refractivity contribution in [1.29, 1.82) is 0 Å². The second-order valence-corrected chi connectivity index (χ2v) is 4.62. The molecule has 0 aliphatic heterocycles. The third kappa shape index (κ3) is 3.93. The number of nitrogens with zero attached hydrogens (tertiary/aromatic N) is 1. The van der Waals surface area contributed by atoms with Crippen LogP contribution in [0.25, 0.3) is 0 Å². The average Bonchev–Trinajstić information content (AvgIpc) is 2.44. The molecular formula is C15H16N2O2S. The van der Waals surface area contributed by atoms with Gasteiger partial charge in [0.1, 0.15) is 24.0 Å². The predicted octanol–water partition coefficient (Wildman–Crippen LogP) is 2.48. The Hall–Kier alpha value is -2.14. The van der Waals surface area contributed by atoms with E-state index < -0.39 is 0 Å². The van der Waals surface area contributed by atoms with Crippen LogP contribution in [0.15, 0.2) is 42.5 Å². The first-order chi connectivity index (χ1) is 9.66. The Kier molecular flexibility index (Phi) is 4.90. The normalized spacial score (nSPS) is 10.1. The fraction of sp³-hybridized carbons (Fsp3) is 0.200. The van der Waals surface area contributed by atoms with Crippen molar-refractivity contribution in [2.75, 3.05) is 13.2 Å². The van der Waals surface area contributed by atoms with Crippen molar-refractivity contribution >= 4 is 17.2 Å². The fourth-order valence-electron chi connectivity index (χ4n) is 1.65.